The van der Waals surface area contributed by atoms with Gasteiger partial charge in [0.25, 0.3) is 5.91 Å². The summed E-state index contributed by atoms with van der Waals surface area (Å²) in [7, 11) is 3.05. The molecule has 2 aromatic carbocycles. The first-order valence-corrected chi connectivity index (χ1v) is 9.80. The quantitative estimate of drug-likeness (QED) is 0.603. The molecule has 2 aromatic rings. The number of nitrogens with one attached hydrogen (secondary N) is 2. The molecule has 6 heteroatoms. The fourth-order valence-corrected chi connectivity index (χ4v) is 2.96. The van der Waals surface area contributed by atoms with Crippen LogP contribution in [0.15, 0.2) is 48.5 Å². The van der Waals surface area contributed by atoms with Crippen molar-refractivity contribution in [1.29, 1.82) is 0 Å². The topological polar surface area (TPSA) is 76.7 Å². The predicted molar refractivity (Wildman–Crippen MR) is 113 cm³/mol. The molecule has 0 spiro atoms. The maximum Gasteiger partial charge on any atom is 0.252 e. The standard InChI is InChI=1S/C23H30N2O4/c1-16(2)21(23(27)24-12-8-11-17-9-6-5-7-10-17)25-22(26)18-13-19(28-3)15-20(14-18)29-4/h5-7,9-10,13-16,21H,8,11-12H2,1-4H3,(H,24,27)(H,25,26)/t21-/m0/s1. The van der Waals surface area contributed by atoms with Crippen LogP contribution in [0.5, 0.6) is 11.5 Å². The summed E-state index contributed by atoms with van der Waals surface area (Å²) in [5.41, 5.74) is 1.62. The molecule has 1 atom stereocenters. The number of methoxy groups -OCH3 is 2. The first-order chi connectivity index (χ1) is 13.9. The summed E-state index contributed by atoms with van der Waals surface area (Å²) in [6.45, 7) is 4.36. The zero-order valence-electron chi connectivity index (χ0n) is 17.5. The van der Waals surface area contributed by atoms with Crippen LogP contribution in [-0.4, -0.2) is 38.6 Å². The van der Waals surface area contributed by atoms with Crippen LogP contribution in [0.1, 0.15) is 36.2 Å². The van der Waals surface area contributed by atoms with Crippen molar-refractivity contribution < 1.29 is 19.1 Å². The molecular formula is C23H30N2O4. The van der Waals surface area contributed by atoms with Crippen LogP contribution in [0, 0.1) is 5.92 Å². The summed E-state index contributed by atoms with van der Waals surface area (Å²) >= 11 is 0. The van der Waals surface area contributed by atoms with Crippen LogP contribution in [0.4, 0.5) is 0 Å². The Morgan fingerprint density at radius 2 is 1.59 bits per heavy atom. The summed E-state index contributed by atoms with van der Waals surface area (Å²) in [4.78, 5) is 25.3. The van der Waals surface area contributed by atoms with Gasteiger partial charge >= 0.3 is 0 Å². The second-order valence-electron chi connectivity index (χ2n) is 7.18. The molecule has 0 saturated carbocycles. The van der Waals surface area contributed by atoms with Gasteiger partial charge in [0.1, 0.15) is 17.5 Å². The smallest absolute Gasteiger partial charge is 0.252 e. The lowest BCUT2D eigenvalue weighted by Gasteiger charge is -2.22. The lowest BCUT2D eigenvalue weighted by atomic mass is 10.0. The van der Waals surface area contributed by atoms with Gasteiger partial charge in [-0.3, -0.25) is 9.59 Å². The highest BCUT2D eigenvalue weighted by Gasteiger charge is 2.24. The Morgan fingerprint density at radius 1 is 0.966 bits per heavy atom. The van der Waals surface area contributed by atoms with E-state index in [1.807, 2.05) is 32.0 Å². The fraction of sp³-hybridized carbons (Fsp3) is 0.391. The Bertz CT molecular complexity index is 784. The van der Waals surface area contributed by atoms with Gasteiger partial charge in [0.15, 0.2) is 0 Å². The third-order valence-electron chi connectivity index (χ3n) is 4.63. The number of rotatable bonds is 10. The van der Waals surface area contributed by atoms with Crippen molar-refractivity contribution in [2.45, 2.75) is 32.7 Å². The molecule has 0 fully saturated rings. The van der Waals surface area contributed by atoms with Crippen LogP contribution in [-0.2, 0) is 11.2 Å². The minimum Gasteiger partial charge on any atom is -0.497 e. The number of ether oxygens (including phenoxy) is 2. The van der Waals surface area contributed by atoms with Crippen molar-refractivity contribution >= 4 is 11.8 Å². The van der Waals surface area contributed by atoms with E-state index in [0.29, 0.717) is 23.6 Å². The van der Waals surface area contributed by atoms with Gasteiger partial charge in [-0.05, 0) is 36.5 Å². The maximum absolute atomic E-state index is 12.7. The van der Waals surface area contributed by atoms with Gasteiger partial charge in [-0.15, -0.1) is 0 Å². The molecule has 2 rings (SSSR count). The van der Waals surface area contributed by atoms with Crippen molar-refractivity contribution in [3.8, 4) is 11.5 Å². The third kappa shape index (κ3) is 6.82. The molecule has 156 valence electrons. The summed E-state index contributed by atoms with van der Waals surface area (Å²) in [5.74, 6) is 0.444. The van der Waals surface area contributed by atoms with E-state index in [1.165, 1.54) is 19.8 Å². The molecule has 0 saturated heterocycles. The highest BCUT2D eigenvalue weighted by molar-refractivity contribution is 5.98. The number of carbonyl (C=O) groups is 2. The van der Waals surface area contributed by atoms with E-state index in [1.54, 1.807) is 18.2 Å². The molecule has 2 N–H and O–H groups in total. The number of carbonyl (C=O) groups excluding carboxylic acids is 2. The highest BCUT2D eigenvalue weighted by Crippen LogP contribution is 2.22. The second kappa shape index (κ2) is 11.1. The van der Waals surface area contributed by atoms with E-state index in [0.717, 1.165) is 12.8 Å². The van der Waals surface area contributed by atoms with Crippen LogP contribution < -0.4 is 20.1 Å². The summed E-state index contributed by atoms with van der Waals surface area (Å²) < 4.78 is 10.4. The number of benzene rings is 2. The zero-order valence-corrected chi connectivity index (χ0v) is 17.5. The molecule has 0 aliphatic heterocycles. The molecule has 0 aliphatic carbocycles. The molecule has 0 aromatic heterocycles. The Balaban J connectivity index is 1.94. The summed E-state index contributed by atoms with van der Waals surface area (Å²) in [6, 6.07) is 14.4. The van der Waals surface area contributed by atoms with Crippen molar-refractivity contribution in [3.63, 3.8) is 0 Å². The third-order valence-corrected chi connectivity index (χ3v) is 4.63. The Morgan fingerprint density at radius 3 is 2.14 bits per heavy atom. The van der Waals surface area contributed by atoms with Crippen LogP contribution in [0.2, 0.25) is 0 Å². The number of amides is 2. The van der Waals surface area contributed by atoms with E-state index < -0.39 is 6.04 Å². The summed E-state index contributed by atoms with van der Waals surface area (Å²) in [6.07, 6.45) is 1.73. The first-order valence-electron chi connectivity index (χ1n) is 9.80. The van der Waals surface area contributed by atoms with Gasteiger partial charge in [0, 0.05) is 18.2 Å². The van der Waals surface area contributed by atoms with Crippen LogP contribution >= 0.6 is 0 Å². The van der Waals surface area contributed by atoms with Crippen LogP contribution in [0.3, 0.4) is 0 Å². The van der Waals surface area contributed by atoms with E-state index in [4.69, 9.17) is 9.47 Å². The molecule has 6 nitrogen and oxygen atoms in total. The largest absolute Gasteiger partial charge is 0.497 e. The average Bonchev–Trinajstić information content (AvgIpc) is 2.74. The normalized spacial score (nSPS) is 11.6. The second-order valence-corrected chi connectivity index (χ2v) is 7.18. The van der Waals surface area contributed by atoms with Crippen molar-refractivity contribution in [2.75, 3.05) is 20.8 Å². The molecule has 2 amide bonds. The van der Waals surface area contributed by atoms with Gasteiger partial charge in [-0.2, -0.15) is 0 Å². The van der Waals surface area contributed by atoms with E-state index in [9.17, 15) is 9.59 Å². The van der Waals surface area contributed by atoms with Crippen molar-refractivity contribution in [2.24, 2.45) is 5.92 Å². The van der Waals surface area contributed by atoms with Crippen LogP contribution in [0.25, 0.3) is 0 Å². The Labute approximate surface area is 172 Å². The minimum absolute atomic E-state index is 0.0550. The van der Waals surface area contributed by atoms with Gasteiger partial charge in [-0.1, -0.05) is 44.2 Å². The molecule has 0 bridgehead atoms. The van der Waals surface area contributed by atoms with Gasteiger partial charge in [-0.25, -0.2) is 0 Å². The molecule has 0 unspecified atom stereocenters. The van der Waals surface area contributed by atoms with Crippen molar-refractivity contribution in [3.05, 3.63) is 59.7 Å². The molecule has 0 radical (unpaired) electrons. The molecule has 29 heavy (non-hydrogen) atoms. The molecule has 0 heterocycles. The number of hydrogen-bond acceptors (Lipinski definition) is 4. The van der Waals surface area contributed by atoms with E-state index >= 15 is 0 Å². The average molecular weight is 399 g/mol. The van der Waals surface area contributed by atoms with Gasteiger partial charge < -0.3 is 20.1 Å². The van der Waals surface area contributed by atoms with Gasteiger partial charge in [0.05, 0.1) is 14.2 Å². The molecule has 0 aliphatic rings. The van der Waals surface area contributed by atoms with E-state index in [2.05, 4.69) is 22.8 Å². The fourth-order valence-electron chi connectivity index (χ4n) is 2.96. The lowest BCUT2D eigenvalue weighted by Crippen LogP contribution is -2.49. The highest BCUT2D eigenvalue weighted by atomic mass is 16.5. The minimum atomic E-state index is -0.628. The monoisotopic (exact) mass is 398 g/mol. The van der Waals surface area contributed by atoms with Gasteiger partial charge in [0.2, 0.25) is 5.91 Å². The zero-order chi connectivity index (χ0) is 21.2. The predicted octanol–water partition coefficient (Wildman–Crippen LogP) is 3.21. The lowest BCUT2D eigenvalue weighted by molar-refractivity contribution is -0.123. The number of hydrogen-bond donors (Lipinski definition) is 2. The summed E-state index contributed by atoms with van der Waals surface area (Å²) in [5, 5.41) is 5.76. The molecular weight excluding hydrogens is 368 g/mol. The van der Waals surface area contributed by atoms with E-state index in [-0.39, 0.29) is 17.7 Å². The number of aryl methyl sites for hydroxylation is 1. The Hall–Kier alpha value is -3.02. The maximum atomic E-state index is 12.7. The first kappa shape index (κ1) is 22.3. The Kier molecular flexibility index (Phi) is 8.52. The SMILES string of the molecule is COc1cc(OC)cc(C(=O)N[C@H](C(=O)NCCCc2ccccc2)C(C)C)c1. The van der Waals surface area contributed by atoms with Crippen molar-refractivity contribution in [1.82, 2.24) is 10.6 Å².